The molecule has 1 aromatic carbocycles. The van der Waals surface area contributed by atoms with Gasteiger partial charge in [-0.25, -0.2) is 0 Å². The zero-order chi connectivity index (χ0) is 12.8. The molecule has 1 aliphatic rings. The van der Waals surface area contributed by atoms with E-state index in [9.17, 15) is 15.0 Å². The van der Waals surface area contributed by atoms with Crippen molar-refractivity contribution in [3.8, 4) is 11.5 Å². The van der Waals surface area contributed by atoms with Gasteiger partial charge in [0.05, 0.1) is 12.7 Å². The lowest BCUT2D eigenvalue weighted by Gasteiger charge is -2.33. The normalized spacial score (nSPS) is 23.5. The standard InChI is InChI=1S/C13H14O4/c1-7-4-10(14)12-9(13(7,2)16)5-8(17-3)6-11(12)15/h5-6,15-16H,1,4H2,2-3H3. The van der Waals surface area contributed by atoms with E-state index in [1.807, 2.05) is 0 Å². The molecule has 4 nitrogen and oxygen atoms in total. The highest BCUT2D eigenvalue weighted by molar-refractivity contribution is 6.03. The zero-order valence-electron chi connectivity index (χ0n) is 9.78. The van der Waals surface area contributed by atoms with Crippen LogP contribution in [0.2, 0.25) is 0 Å². The average molecular weight is 234 g/mol. The van der Waals surface area contributed by atoms with E-state index >= 15 is 0 Å². The number of carbonyl (C=O) groups excluding carboxylic acids is 1. The molecule has 1 aliphatic carbocycles. The third-order valence-electron chi connectivity index (χ3n) is 3.19. The second kappa shape index (κ2) is 3.60. The number of phenols is 1. The van der Waals surface area contributed by atoms with E-state index < -0.39 is 5.60 Å². The van der Waals surface area contributed by atoms with Gasteiger partial charge < -0.3 is 14.9 Å². The first-order chi connectivity index (χ1) is 7.87. The summed E-state index contributed by atoms with van der Waals surface area (Å²) in [6.45, 7) is 5.26. The summed E-state index contributed by atoms with van der Waals surface area (Å²) < 4.78 is 5.01. The number of carbonyl (C=O) groups is 1. The van der Waals surface area contributed by atoms with Gasteiger partial charge in [0.15, 0.2) is 5.78 Å². The summed E-state index contributed by atoms with van der Waals surface area (Å²) >= 11 is 0. The molecule has 0 amide bonds. The predicted octanol–water partition coefficient (Wildman–Crippen LogP) is 1.75. The van der Waals surface area contributed by atoms with Crippen LogP contribution in [0.25, 0.3) is 0 Å². The van der Waals surface area contributed by atoms with Crippen molar-refractivity contribution >= 4 is 5.78 Å². The molecule has 0 heterocycles. The van der Waals surface area contributed by atoms with Gasteiger partial charge in [-0.2, -0.15) is 0 Å². The van der Waals surface area contributed by atoms with Gasteiger partial charge in [0.2, 0.25) is 0 Å². The minimum Gasteiger partial charge on any atom is -0.507 e. The van der Waals surface area contributed by atoms with Crippen LogP contribution in [0.15, 0.2) is 24.3 Å². The third-order valence-corrected chi connectivity index (χ3v) is 3.19. The number of rotatable bonds is 1. The molecular weight excluding hydrogens is 220 g/mol. The molecule has 0 bridgehead atoms. The summed E-state index contributed by atoms with van der Waals surface area (Å²) in [6.07, 6.45) is 0.0416. The van der Waals surface area contributed by atoms with Crippen molar-refractivity contribution in [1.82, 2.24) is 0 Å². The maximum absolute atomic E-state index is 11.8. The first-order valence-corrected chi connectivity index (χ1v) is 5.23. The summed E-state index contributed by atoms with van der Waals surface area (Å²) in [5.74, 6) is -0.0159. The van der Waals surface area contributed by atoms with Crippen LogP contribution < -0.4 is 4.74 Å². The van der Waals surface area contributed by atoms with E-state index in [1.165, 1.54) is 13.2 Å². The predicted molar refractivity (Wildman–Crippen MR) is 62.3 cm³/mol. The molecule has 0 aliphatic heterocycles. The van der Waals surface area contributed by atoms with Crippen molar-refractivity contribution in [3.63, 3.8) is 0 Å². The van der Waals surface area contributed by atoms with Gasteiger partial charge in [-0.3, -0.25) is 4.79 Å². The number of fused-ring (bicyclic) bond motifs is 1. The van der Waals surface area contributed by atoms with E-state index in [2.05, 4.69) is 6.58 Å². The van der Waals surface area contributed by atoms with Gasteiger partial charge >= 0.3 is 0 Å². The van der Waals surface area contributed by atoms with Crippen LogP contribution in [-0.4, -0.2) is 23.1 Å². The Kier molecular flexibility index (Phi) is 2.47. The SMILES string of the molecule is C=C1CC(=O)c2c(O)cc(OC)cc2C1(C)O. The summed E-state index contributed by atoms with van der Waals surface area (Å²) in [5.41, 5.74) is -0.406. The molecule has 0 fully saturated rings. The van der Waals surface area contributed by atoms with E-state index in [4.69, 9.17) is 4.74 Å². The van der Waals surface area contributed by atoms with Crippen molar-refractivity contribution in [3.05, 3.63) is 35.4 Å². The Hall–Kier alpha value is -1.81. The molecule has 0 saturated heterocycles. The topological polar surface area (TPSA) is 66.8 Å². The fourth-order valence-corrected chi connectivity index (χ4v) is 2.04. The smallest absolute Gasteiger partial charge is 0.171 e. The Bertz CT molecular complexity index is 514. The molecular formula is C13H14O4. The van der Waals surface area contributed by atoms with Crippen LogP contribution in [0.4, 0.5) is 0 Å². The zero-order valence-corrected chi connectivity index (χ0v) is 9.78. The van der Waals surface area contributed by atoms with Crippen LogP contribution in [0.5, 0.6) is 11.5 Å². The van der Waals surface area contributed by atoms with Gasteiger partial charge in [0.1, 0.15) is 17.1 Å². The monoisotopic (exact) mass is 234 g/mol. The number of hydrogen-bond donors (Lipinski definition) is 2. The molecule has 0 aromatic heterocycles. The molecule has 1 atom stereocenters. The average Bonchev–Trinajstić information content (AvgIpc) is 2.25. The molecule has 90 valence electrons. The van der Waals surface area contributed by atoms with Crippen molar-refractivity contribution in [2.24, 2.45) is 0 Å². The fourth-order valence-electron chi connectivity index (χ4n) is 2.04. The molecule has 17 heavy (non-hydrogen) atoms. The highest BCUT2D eigenvalue weighted by atomic mass is 16.5. The second-order valence-electron chi connectivity index (χ2n) is 4.34. The maximum atomic E-state index is 11.8. The Morgan fingerprint density at radius 2 is 2.12 bits per heavy atom. The molecule has 0 saturated carbocycles. The maximum Gasteiger partial charge on any atom is 0.171 e. The van der Waals surface area contributed by atoms with Gasteiger partial charge in [-0.15, -0.1) is 0 Å². The summed E-state index contributed by atoms with van der Waals surface area (Å²) in [7, 11) is 1.45. The Balaban J connectivity index is 2.75. The van der Waals surface area contributed by atoms with Crippen molar-refractivity contribution < 1.29 is 19.7 Å². The second-order valence-corrected chi connectivity index (χ2v) is 4.34. The number of aromatic hydroxyl groups is 1. The molecule has 2 N–H and O–H groups in total. The third kappa shape index (κ3) is 1.61. The molecule has 0 radical (unpaired) electrons. The van der Waals surface area contributed by atoms with Crippen molar-refractivity contribution in [2.75, 3.05) is 7.11 Å². The number of ether oxygens (including phenoxy) is 1. The van der Waals surface area contributed by atoms with Crippen molar-refractivity contribution in [1.29, 1.82) is 0 Å². The number of benzene rings is 1. The van der Waals surface area contributed by atoms with Crippen LogP contribution in [0.3, 0.4) is 0 Å². The molecule has 0 spiro atoms. The minimum atomic E-state index is -1.32. The highest BCUT2D eigenvalue weighted by Crippen LogP contribution is 2.43. The Morgan fingerprint density at radius 3 is 2.71 bits per heavy atom. The largest absolute Gasteiger partial charge is 0.507 e. The number of methoxy groups -OCH3 is 1. The molecule has 4 heteroatoms. The van der Waals surface area contributed by atoms with E-state index in [-0.39, 0.29) is 23.5 Å². The number of phenolic OH excluding ortho intramolecular Hbond substituents is 1. The van der Waals surface area contributed by atoms with Gasteiger partial charge in [0, 0.05) is 18.1 Å². The number of Topliss-reactive ketones (excluding diaryl/α,β-unsaturated/α-hetero) is 1. The lowest BCUT2D eigenvalue weighted by Crippen LogP contribution is -2.32. The number of aliphatic hydroxyl groups is 1. The van der Waals surface area contributed by atoms with E-state index in [0.717, 1.165) is 0 Å². The molecule has 1 unspecified atom stereocenters. The van der Waals surface area contributed by atoms with Crippen LogP contribution in [0, 0.1) is 0 Å². The van der Waals surface area contributed by atoms with E-state index in [1.54, 1.807) is 13.0 Å². The van der Waals surface area contributed by atoms with Crippen molar-refractivity contribution in [2.45, 2.75) is 18.9 Å². The van der Waals surface area contributed by atoms with Gasteiger partial charge in [0.25, 0.3) is 0 Å². The number of ketones is 1. The summed E-state index contributed by atoms with van der Waals surface area (Å²) in [5, 5.41) is 20.2. The first-order valence-electron chi connectivity index (χ1n) is 5.23. The quantitative estimate of drug-likeness (QED) is 0.726. The Labute approximate surface area is 99.2 Å². The van der Waals surface area contributed by atoms with Gasteiger partial charge in [-0.05, 0) is 18.6 Å². The summed E-state index contributed by atoms with van der Waals surface area (Å²) in [4.78, 5) is 11.8. The van der Waals surface area contributed by atoms with E-state index in [0.29, 0.717) is 16.9 Å². The van der Waals surface area contributed by atoms with Crippen LogP contribution >= 0.6 is 0 Å². The summed E-state index contributed by atoms with van der Waals surface area (Å²) in [6, 6.07) is 2.91. The first kappa shape index (κ1) is 11.7. The minimum absolute atomic E-state index is 0.0416. The van der Waals surface area contributed by atoms with Crippen LogP contribution in [0.1, 0.15) is 29.3 Å². The number of hydrogen-bond acceptors (Lipinski definition) is 4. The lowest BCUT2D eigenvalue weighted by molar-refractivity contribution is 0.0747. The van der Waals surface area contributed by atoms with Gasteiger partial charge in [-0.1, -0.05) is 6.58 Å². The Morgan fingerprint density at radius 1 is 1.47 bits per heavy atom. The van der Waals surface area contributed by atoms with Crippen LogP contribution in [-0.2, 0) is 5.60 Å². The highest BCUT2D eigenvalue weighted by Gasteiger charge is 2.38. The molecule has 1 aromatic rings. The molecule has 2 rings (SSSR count). The lowest BCUT2D eigenvalue weighted by atomic mass is 9.76. The fraction of sp³-hybridized carbons (Fsp3) is 0.308.